The molecule has 1 aromatic carbocycles. The highest BCUT2D eigenvalue weighted by molar-refractivity contribution is 7.91. The number of hydrogen-bond donors (Lipinski definition) is 1. The number of hydrogen-bond acceptors (Lipinski definition) is 6. The molecule has 9 nitrogen and oxygen atoms in total. The summed E-state index contributed by atoms with van der Waals surface area (Å²) in [4.78, 5) is 36.2. The monoisotopic (exact) mass is 411 g/mol. The van der Waals surface area contributed by atoms with Gasteiger partial charge in [-0.05, 0) is 70.2 Å². The average Bonchev–Trinajstić information content (AvgIpc) is 2.52. The zero-order valence-electron chi connectivity index (χ0n) is 16.4. The van der Waals surface area contributed by atoms with Crippen molar-refractivity contribution in [2.45, 2.75) is 63.9 Å². The molecule has 1 aliphatic rings. The number of likely N-dealkylation sites (tertiary alicyclic amines) is 1. The minimum atomic E-state index is -4.10. The summed E-state index contributed by atoms with van der Waals surface area (Å²) >= 11 is 0. The smallest absolute Gasteiger partial charge is 0.313 e. The van der Waals surface area contributed by atoms with E-state index in [4.69, 9.17) is 0 Å². The van der Waals surface area contributed by atoms with Crippen molar-refractivity contribution in [3.8, 4) is 0 Å². The molecule has 28 heavy (non-hydrogen) atoms. The Bertz CT molecular complexity index is 879. The van der Waals surface area contributed by atoms with E-state index in [-0.39, 0.29) is 33.8 Å². The van der Waals surface area contributed by atoms with Crippen LogP contribution in [0.15, 0.2) is 17.0 Å². The summed E-state index contributed by atoms with van der Waals surface area (Å²) in [7, 11) is -4.10. The summed E-state index contributed by atoms with van der Waals surface area (Å²) in [5.41, 5.74) is 0.805. The molecule has 0 bridgehead atoms. The molecule has 2 rings (SSSR count). The zero-order valence-corrected chi connectivity index (χ0v) is 17.2. The summed E-state index contributed by atoms with van der Waals surface area (Å²) < 4.78 is 24.4. The minimum absolute atomic E-state index is 0.0277. The number of aryl methyl sites for hydroxylation is 2. The number of nitrogens with one attached hydrogen (secondary N) is 1. The van der Waals surface area contributed by atoms with Gasteiger partial charge in [-0.3, -0.25) is 19.7 Å². The second-order valence-electron chi connectivity index (χ2n) is 7.31. The number of anilines is 1. The highest BCUT2D eigenvalue weighted by atomic mass is 32.2. The Morgan fingerprint density at radius 3 is 2.14 bits per heavy atom. The van der Waals surface area contributed by atoms with Gasteiger partial charge in [0.25, 0.3) is 0 Å². The van der Waals surface area contributed by atoms with Gasteiger partial charge in [-0.15, -0.1) is 0 Å². The average molecular weight is 411 g/mol. The molecule has 1 heterocycles. The van der Waals surface area contributed by atoms with Gasteiger partial charge in [0, 0.05) is 22.7 Å². The van der Waals surface area contributed by atoms with Gasteiger partial charge in [-0.25, -0.2) is 8.42 Å². The fourth-order valence-corrected chi connectivity index (χ4v) is 5.35. The van der Waals surface area contributed by atoms with Gasteiger partial charge in [-0.2, -0.15) is 0 Å². The van der Waals surface area contributed by atoms with Crippen LogP contribution in [0, 0.1) is 24.0 Å². The third-order valence-corrected chi connectivity index (χ3v) is 6.74. The first-order valence-corrected chi connectivity index (χ1v) is 10.7. The number of nitro groups is 1. The molecule has 1 aliphatic heterocycles. The molecule has 1 aromatic rings. The first-order valence-electron chi connectivity index (χ1n) is 9.03. The number of nitrogens with zero attached hydrogens (tertiary/aromatic N) is 2. The normalized spacial score (nSPS) is 19.9. The molecule has 0 aromatic heterocycles. The van der Waals surface area contributed by atoms with Crippen molar-refractivity contribution in [3.05, 3.63) is 33.4 Å². The Kier molecular flexibility index (Phi) is 6.43. The van der Waals surface area contributed by atoms with Gasteiger partial charge in [0.05, 0.1) is 4.90 Å². The molecule has 1 N–H and O–H groups in total. The Hall–Kier alpha value is -2.49. The van der Waals surface area contributed by atoms with Crippen LogP contribution in [-0.4, -0.2) is 48.0 Å². The first-order chi connectivity index (χ1) is 12.9. The summed E-state index contributed by atoms with van der Waals surface area (Å²) in [5.74, 6) is -2.62. The first kappa shape index (κ1) is 21.8. The lowest BCUT2D eigenvalue weighted by Crippen LogP contribution is -2.51. The van der Waals surface area contributed by atoms with E-state index in [0.29, 0.717) is 0 Å². The van der Waals surface area contributed by atoms with Gasteiger partial charge in [0.15, 0.2) is 0 Å². The molecule has 0 spiro atoms. The van der Waals surface area contributed by atoms with Crippen molar-refractivity contribution in [1.82, 2.24) is 4.90 Å². The Balaban J connectivity index is 2.24. The van der Waals surface area contributed by atoms with Crippen molar-refractivity contribution in [2.75, 3.05) is 11.2 Å². The van der Waals surface area contributed by atoms with Crippen LogP contribution < -0.4 is 5.32 Å². The van der Waals surface area contributed by atoms with Crippen LogP contribution in [0.3, 0.4) is 0 Å². The van der Waals surface area contributed by atoms with Crippen molar-refractivity contribution < 1.29 is 22.9 Å². The third kappa shape index (κ3) is 4.67. The predicted molar refractivity (Wildman–Crippen MR) is 103 cm³/mol. The standard InChI is InChI=1S/C18H25N3O6S/c1-11-8-15(9-12(2)16(11)28(26,27)10-20(24)25)19-17(22)18(23)21-13(3)6-5-7-14(21)4/h8-9,13-14H,5-7,10H2,1-4H3,(H,19,22). The molecule has 2 atom stereocenters. The van der Waals surface area contributed by atoms with E-state index in [1.165, 1.54) is 26.0 Å². The second-order valence-corrected chi connectivity index (χ2v) is 9.21. The maximum atomic E-state index is 12.6. The number of amides is 2. The van der Waals surface area contributed by atoms with Gasteiger partial charge in [-0.1, -0.05) is 0 Å². The lowest BCUT2D eigenvalue weighted by atomic mass is 9.97. The molecule has 154 valence electrons. The zero-order chi connectivity index (χ0) is 21.2. The van der Waals surface area contributed by atoms with Crippen LogP contribution in [0.1, 0.15) is 44.2 Å². The van der Waals surface area contributed by atoms with Gasteiger partial charge >= 0.3 is 17.7 Å². The van der Waals surface area contributed by atoms with E-state index in [1.54, 1.807) is 4.90 Å². The predicted octanol–water partition coefficient (Wildman–Crippen LogP) is 2.04. The summed E-state index contributed by atoms with van der Waals surface area (Å²) in [6.07, 6.45) is 2.68. The fourth-order valence-electron chi connectivity index (χ4n) is 3.84. The largest absolute Gasteiger partial charge is 0.329 e. The van der Waals surface area contributed by atoms with E-state index >= 15 is 0 Å². The van der Waals surface area contributed by atoms with Crippen LogP contribution in [0.5, 0.6) is 0 Å². The lowest BCUT2D eigenvalue weighted by molar-refractivity contribution is -0.458. The third-order valence-electron chi connectivity index (χ3n) is 4.93. The maximum Gasteiger partial charge on any atom is 0.313 e. The van der Waals surface area contributed by atoms with E-state index < -0.39 is 32.5 Å². The van der Waals surface area contributed by atoms with Crippen LogP contribution in [-0.2, 0) is 19.4 Å². The van der Waals surface area contributed by atoms with Crippen LogP contribution in [0.4, 0.5) is 5.69 Å². The molecule has 2 unspecified atom stereocenters. The Labute approximate surface area is 164 Å². The van der Waals surface area contributed by atoms with E-state index in [0.717, 1.165) is 19.3 Å². The highest BCUT2D eigenvalue weighted by Gasteiger charge is 2.33. The fraction of sp³-hybridized carbons (Fsp3) is 0.556. The Morgan fingerprint density at radius 1 is 1.18 bits per heavy atom. The topological polar surface area (TPSA) is 127 Å². The van der Waals surface area contributed by atoms with Crippen molar-refractivity contribution in [1.29, 1.82) is 0 Å². The molecule has 1 fully saturated rings. The number of rotatable bonds is 4. The summed E-state index contributed by atoms with van der Waals surface area (Å²) in [5, 5.41) is 13.2. The number of sulfone groups is 1. The van der Waals surface area contributed by atoms with E-state index in [2.05, 4.69) is 5.32 Å². The lowest BCUT2D eigenvalue weighted by Gasteiger charge is -2.38. The summed E-state index contributed by atoms with van der Waals surface area (Å²) in [6, 6.07) is 2.74. The molecular formula is C18H25N3O6S. The maximum absolute atomic E-state index is 12.6. The molecule has 10 heteroatoms. The number of benzene rings is 1. The highest BCUT2D eigenvalue weighted by Crippen LogP contribution is 2.26. The molecule has 0 aliphatic carbocycles. The van der Waals surface area contributed by atoms with Crippen LogP contribution in [0.2, 0.25) is 0 Å². The van der Waals surface area contributed by atoms with E-state index in [9.17, 15) is 28.1 Å². The Morgan fingerprint density at radius 2 is 1.68 bits per heavy atom. The van der Waals surface area contributed by atoms with Gasteiger partial charge < -0.3 is 10.2 Å². The van der Waals surface area contributed by atoms with Crippen molar-refractivity contribution in [2.24, 2.45) is 0 Å². The van der Waals surface area contributed by atoms with Crippen molar-refractivity contribution >= 4 is 27.3 Å². The second kappa shape index (κ2) is 8.26. The van der Waals surface area contributed by atoms with Crippen LogP contribution >= 0.6 is 0 Å². The molecule has 2 amide bonds. The summed E-state index contributed by atoms with van der Waals surface area (Å²) in [6.45, 7) is 6.80. The van der Waals surface area contributed by atoms with E-state index in [1.807, 2.05) is 13.8 Å². The number of carbonyl (C=O) groups excluding carboxylic acids is 2. The SMILES string of the molecule is Cc1cc(NC(=O)C(=O)N2C(C)CCCC2C)cc(C)c1S(=O)(=O)C[N+](=O)[O-]. The molecule has 0 saturated carbocycles. The molecule has 1 saturated heterocycles. The number of piperidine rings is 1. The van der Waals surface area contributed by atoms with Gasteiger partial charge in [0.2, 0.25) is 9.84 Å². The number of carbonyl (C=O) groups is 2. The molecular weight excluding hydrogens is 386 g/mol. The minimum Gasteiger partial charge on any atom is -0.329 e. The molecule has 0 radical (unpaired) electrons. The van der Waals surface area contributed by atoms with Crippen molar-refractivity contribution in [3.63, 3.8) is 0 Å². The quantitative estimate of drug-likeness (QED) is 0.459. The van der Waals surface area contributed by atoms with Crippen LogP contribution in [0.25, 0.3) is 0 Å². The van der Waals surface area contributed by atoms with Gasteiger partial charge in [0.1, 0.15) is 0 Å².